The van der Waals surface area contributed by atoms with Crippen molar-refractivity contribution in [2.24, 2.45) is 5.73 Å². The highest BCUT2D eigenvalue weighted by Crippen LogP contribution is 2.13. The second kappa shape index (κ2) is 7.06. The van der Waals surface area contributed by atoms with Gasteiger partial charge in [-0.25, -0.2) is 0 Å². The van der Waals surface area contributed by atoms with Gasteiger partial charge in [-0.2, -0.15) is 0 Å². The third kappa shape index (κ3) is 4.35. The van der Waals surface area contributed by atoms with Gasteiger partial charge in [0.25, 0.3) is 0 Å². The van der Waals surface area contributed by atoms with Crippen LogP contribution in [0.3, 0.4) is 0 Å². The fourth-order valence-electron chi connectivity index (χ4n) is 2.13. The van der Waals surface area contributed by atoms with Gasteiger partial charge in [0.1, 0.15) is 5.75 Å². The fraction of sp³-hybridized carbons (Fsp3) is 0.353. The number of nitrogens with zero attached hydrogens (tertiary/aromatic N) is 1. The molecule has 1 aromatic heterocycles. The maximum atomic E-state index is 6.18. The first kappa shape index (κ1) is 14.5. The van der Waals surface area contributed by atoms with Crippen LogP contribution in [0.25, 0.3) is 0 Å². The van der Waals surface area contributed by atoms with E-state index in [9.17, 15) is 0 Å². The molecule has 3 nitrogen and oxygen atoms in total. The number of aryl methyl sites for hydroxylation is 2. The summed E-state index contributed by atoms with van der Waals surface area (Å²) in [5, 5.41) is 0. The van der Waals surface area contributed by atoms with Crippen molar-refractivity contribution in [1.29, 1.82) is 0 Å². The number of ether oxygens (including phenoxy) is 1. The molecule has 0 spiro atoms. The smallest absolute Gasteiger partial charge is 0.118 e. The van der Waals surface area contributed by atoms with Crippen LogP contribution in [0.5, 0.6) is 5.75 Å². The number of hydrogen-bond donors (Lipinski definition) is 1. The second-order valence-electron chi connectivity index (χ2n) is 5.18. The van der Waals surface area contributed by atoms with E-state index in [0.717, 1.165) is 30.7 Å². The van der Waals surface area contributed by atoms with Crippen LogP contribution in [0, 0.1) is 6.92 Å². The predicted octanol–water partition coefficient (Wildman–Crippen LogP) is 2.90. The Bertz CT molecular complexity index is 520. The Morgan fingerprint density at radius 2 is 1.90 bits per heavy atom. The van der Waals surface area contributed by atoms with Gasteiger partial charge in [0, 0.05) is 24.4 Å². The van der Waals surface area contributed by atoms with E-state index in [1.165, 1.54) is 11.1 Å². The van der Waals surface area contributed by atoms with Crippen molar-refractivity contribution in [3.8, 4) is 5.75 Å². The number of methoxy groups -OCH3 is 1. The molecule has 0 aliphatic rings. The first-order valence-corrected chi connectivity index (χ1v) is 6.97. The summed E-state index contributed by atoms with van der Waals surface area (Å²) in [7, 11) is 1.68. The summed E-state index contributed by atoms with van der Waals surface area (Å²) in [5.41, 5.74) is 9.72. The molecule has 0 bridgehead atoms. The number of nitrogens with two attached hydrogens (primary N) is 1. The lowest BCUT2D eigenvalue weighted by Gasteiger charge is -2.11. The molecule has 2 N–H and O–H groups in total. The molecular weight excluding hydrogens is 248 g/mol. The lowest BCUT2D eigenvalue weighted by molar-refractivity contribution is 0.414. The van der Waals surface area contributed by atoms with Crippen molar-refractivity contribution in [2.75, 3.05) is 7.11 Å². The zero-order valence-corrected chi connectivity index (χ0v) is 12.2. The molecule has 0 amide bonds. The van der Waals surface area contributed by atoms with E-state index < -0.39 is 0 Å². The van der Waals surface area contributed by atoms with E-state index in [2.05, 4.69) is 29.2 Å². The van der Waals surface area contributed by atoms with Crippen molar-refractivity contribution in [1.82, 2.24) is 4.98 Å². The van der Waals surface area contributed by atoms with Gasteiger partial charge < -0.3 is 10.5 Å². The Hall–Kier alpha value is -1.87. The van der Waals surface area contributed by atoms with Gasteiger partial charge in [0.15, 0.2) is 0 Å². The lowest BCUT2D eigenvalue weighted by atomic mass is 10.0. The van der Waals surface area contributed by atoms with E-state index in [0.29, 0.717) is 0 Å². The van der Waals surface area contributed by atoms with Crippen LogP contribution in [0.1, 0.15) is 23.2 Å². The summed E-state index contributed by atoms with van der Waals surface area (Å²) in [4.78, 5) is 4.40. The third-order valence-corrected chi connectivity index (χ3v) is 3.41. The number of benzene rings is 1. The SMILES string of the molecule is COc1ccc(CCC(N)Cc2ccc(C)cn2)cc1. The molecule has 0 aliphatic heterocycles. The average molecular weight is 270 g/mol. The van der Waals surface area contributed by atoms with E-state index in [1.54, 1.807) is 7.11 Å². The molecule has 2 rings (SSSR count). The normalized spacial score (nSPS) is 12.2. The van der Waals surface area contributed by atoms with Crippen molar-refractivity contribution < 1.29 is 4.74 Å². The molecule has 1 atom stereocenters. The predicted molar refractivity (Wildman–Crippen MR) is 82.0 cm³/mol. The number of rotatable bonds is 6. The highest BCUT2D eigenvalue weighted by Gasteiger charge is 2.06. The van der Waals surface area contributed by atoms with Crippen LogP contribution in [0.4, 0.5) is 0 Å². The minimum Gasteiger partial charge on any atom is -0.497 e. The summed E-state index contributed by atoms with van der Waals surface area (Å²) in [6.07, 6.45) is 4.67. The van der Waals surface area contributed by atoms with E-state index >= 15 is 0 Å². The summed E-state index contributed by atoms with van der Waals surface area (Å²) in [6.45, 7) is 2.04. The van der Waals surface area contributed by atoms with Crippen molar-refractivity contribution in [2.45, 2.75) is 32.2 Å². The van der Waals surface area contributed by atoms with Gasteiger partial charge in [-0.3, -0.25) is 4.98 Å². The lowest BCUT2D eigenvalue weighted by Crippen LogP contribution is -2.24. The Morgan fingerprint density at radius 1 is 1.15 bits per heavy atom. The summed E-state index contributed by atoms with van der Waals surface area (Å²) in [5.74, 6) is 0.891. The second-order valence-corrected chi connectivity index (χ2v) is 5.18. The molecule has 3 heteroatoms. The Morgan fingerprint density at radius 3 is 2.50 bits per heavy atom. The van der Waals surface area contributed by atoms with Gasteiger partial charge in [-0.15, -0.1) is 0 Å². The molecule has 2 aromatic rings. The zero-order chi connectivity index (χ0) is 14.4. The van der Waals surface area contributed by atoms with Crippen LogP contribution < -0.4 is 10.5 Å². The van der Waals surface area contributed by atoms with Crippen molar-refractivity contribution >= 4 is 0 Å². The zero-order valence-electron chi connectivity index (χ0n) is 12.2. The molecular formula is C17H22N2O. The van der Waals surface area contributed by atoms with Crippen molar-refractivity contribution in [3.05, 3.63) is 59.4 Å². The molecule has 0 saturated carbocycles. The number of aromatic nitrogens is 1. The van der Waals surface area contributed by atoms with Crippen LogP contribution in [0.15, 0.2) is 42.6 Å². The maximum absolute atomic E-state index is 6.18. The highest BCUT2D eigenvalue weighted by atomic mass is 16.5. The molecule has 0 radical (unpaired) electrons. The van der Waals surface area contributed by atoms with E-state index in [4.69, 9.17) is 10.5 Å². The van der Waals surface area contributed by atoms with Crippen LogP contribution in [-0.2, 0) is 12.8 Å². The van der Waals surface area contributed by atoms with Crippen LogP contribution in [-0.4, -0.2) is 18.1 Å². The number of hydrogen-bond acceptors (Lipinski definition) is 3. The van der Waals surface area contributed by atoms with E-state index in [1.807, 2.05) is 25.3 Å². The van der Waals surface area contributed by atoms with Crippen LogP contribution >= 0.6 is 0 Å². The van der Waals surface area contributed by atoms with Gasteiger partial charge in [0.2, 0.25) is 0 Å². The molecule has 106 valence electrons. The quantitative estimate of drug-likeness (QED) is 0.878. The van der Waals surface area contributed by atoms with Crippen LogP contribution in [0.2, 0.25) is 0 Å². The number of pyridine rings is 1. The Kier molecular flexibility index (Phi) is 5.13. The van der Waals surface area contributed by atoms with Gasteiger partial charge in [-0.1, -0.05) is 18.2 Å². The van der Waals surface area contributed by atoms with Crippen molar-refractivity contribution in [3.63, 3.8) is 0 Å². The first-order valence-electron chi connectivity index (χ1n) is 6.97. The Labute approximate surface area is 120 Å². The summed E-state index contributed by atoms with van der Waals surface area (Å²) >= 11 is 0. The molecule has 1 aromatic carbocycles. The van der Waals surface area contributed by atoms with Gasteiger partial charge in [-0.05, 0) is 49.1 Å². The van der Waals surface area contributed by atoms with Gasteiger partial charge in [0.05, 0.1) is 7.11 Å². The minimum atomic E-state index is 0.146. The molecule has 1 unspecified atom stereocenters. The molecule has 0 aliphatic carbocycles. The minimum absolute atomic E-state index is 0.146. The monoisotopic (exact) mass is 270 g/mol. The fourth-order valence-corrected chi connectivity index (χ4v) is 2.13. The topological polar surface area (TPSA) is 48.1 Å². The third-order valence-electron chi connectivity index (χ3n) is 3.41. The molecule has 0 saturated heterocycles. The average Bonchev–Trinajstić information content (AvgIpc) is 2.48. The van der Waals surface area contributed by atoms with Gasteiger partial charge >= 0.3 is 0 Å². The van der Waals surface area contributed by atoms with E-state index in [-0.39, 0.29) is 6.04 Å². The Balaban J connectivity index is 1.82. The highest BCUT2D eigenvalue weighted by molar-refractivity contribution is 5.27. The largest absolute Gasteiger partial charge is 0.497 e. The molecule has 20 heavy (non-hydrogen) atoms. The standard InChI is InChI=1S/C17H22N2O/c1-13-3-8-16(19-12-13)11-15(18)7-4-14-5-9-17(20-2)10-6-14/h3,5-6,8-10,12,15H,4,7,11,18H2,1-2H3. The maximum Gasteiger partial charge on any atom is 0.118 e. The summed E-state index contributed by atoms with van der Waals surface area (Å²) < 4.78 is 5.15. The molecule has 0 fully saturated rings. The summed E-state index contributed by atoms with van der Waals surface area (Å²) in [6, 6.07) is 12.4. The molecule has 1 heterocycles. The first-order chi connectivity index (χ1) is 9.67.